The summed E-state index contributed by atoms with van der Waals surface area (Å²) < 4.78 is 13.5. The van der Waals surface area contributed by atoms with Crippen LogP contribution in [0.3, 0.4) is 0 Å². The minimum atomic E-state index is -0.871. The van der Waals surface area contributed by atoms with Crippen molar-refractivity contribution in [1.82, 2.24) is 4.90 Å². The molecular weight excluding hydrogens is 251 g/mol. The summed E-state index contributed by atoms with van der Waals surface area (Å²) in [6, 6.07) is 6.80. The lowest BCUT2D eigenvalue weighted by molar-refractivity contribution is 0.219. The SMILES string of the molecule is CCN1CCC(N2CCc3ccc(C(C)F)cc32)CC1. The number of rotatable bonds is 3. The second-order valence-corrected chi connectivity index (χ2v) is 6.11. The van der Waals surface area contributed by atoms with Crippen molar-refractivity contribution >= 4 is 5.69 Å². The molecule has 2 aliphatic heterocycles. The van der Waals surface area contributed by atoms with Gasteiger partial charge in [0.1, 0.15) is 6.17 Å². The van der Waals surface area contributed by atoms with E-state index in [1.165, 1.54) is 37.2 Å². The van der Waals surface area contributed by atoms with E-state index in [0.717, 1.165) is 25.1 Å². The molecule has 0 radical (unpaired) electrons. The van der Waals surface area contributed by atoms with Crippen LogP contribution in [0.15, 0.2) is 18.2 Å². The van der Waals surface area contributed by atoms with E-state index < -0.39 is 6.17 Å². The van der Waals surface area contributed by atoms with Gasteiger partial charge in [-0.05, 0) is 49.9 Å². The molecule has 1 saturated heterocycles. The van der Waals surface area contributed by atoms with Gasteiger partial charge in [-0.2, -0.15) is 0 Å². The molecule has 20 heavy (non-hydrogen) atoms. The topological polar surface area (TPSA) is 6.48 Å². The summed E-state index contributed by atoms with van der Waals surface area (Å²) in [6.45, 7) is 8.53. The minimum absolute atomic E-state index is 0.643. The second kappa shape index (κ2) is 5.72. The first-order valence-corrected chi connectivity index (χ1v) is 7.95. The summed E-state index contributed by atoms with van der Waals surface area (Å²) >= 11 is 0. The first-order valence-electron chi connectivity index (χ1n) is 7.95. The van der Waals surface area contributed by atoms with Crippen LogP contribution in [-0.2, 0) is 6.42 Å². The Morgan fingerprint density at radius 3 is 2.65 bits per heavy atom. The van der Waals surface area contributed by atoms with Gasteiger partial charge in [0.25, 0.3) is 0 Å². The number of piperidine rings is 1. The molecule has 0 saturated carbocycles. The zero-order valence-corrected chi connectivity index (χ0v) is 12.6. The third-order valence-electron chi connectivity index (χ3n) is 4.95. The van der Waals surface area contributed by atoms with Crippen molar-refractivity contribution in [2.75, 3.05) is 31.1 Å². The summed E-state index contributed by atoms with van der Waals surface area (Å²) in [5.74, 6) is 0. The van der Waals surface area contributed by atoms with Gasteiger partial charge in [0, 0.05) is 31.4 Å². The molecule has 110 valence electrons. The fourth-order valence-corrected chi connectivity index (χ4v) is 3.59. The van der Waals surface area contributed by atoms with Crippen LogP contribution < -0.4 is 4.90 Å². The Morgan fingerprint density at radius 2 is 2.00 bits per heavy atom. The molecule has 2 aliphatic rings. The molecule has 0 aliphatic carbocycles. The number of likely N-dealkylation sites (tertiary alicyclic amines) is 1. The Hall–Kier alpha value is -1.09. The lowest BCUT2D eigenvalue weighted by Crippen LogP contribution is -2.44. The normalized spacial score (nSPS) is 22.1. The molecule has 3 rings (SSSR count). The Kier molecular flexibility index (Phi) is 3.97. The van der Waals surface area contributed by atoms with E-state index in [1.807, 2.05) is 6.07 Å². The fraction of sp³-hybridized carbons (Fsp3) is 0.647. The van der Waals surface area contributed by atoms with Gasteiger partial charge >= 0.3 is 0 Å². The van der Waals surface area contributed by atoms with E-state index >= 15 is 0 Å². The average molecular weight is 276 g/mol. The van der Waals surface area contributed by atoms with Gasteiger partial charge in [-0.25, -0.2) is 4.39 Å². The molecular formula is C17H25FN2. The van der Waals surface area contributed by atoms with Crippen LogP contribution in [0.2, 0.25) is 0 Å². The van der Waals surface area contributed by atoms with Gasteiger partial charge in [0.2, 0.25) is 0 Å². The molecule has 0 N–H and O–H groups in total. The molecule has 3 heteroatoms. The van der Waals surface area contributed by atoms with E-state index in [0.29, 0.717) is 6.04 Å². The summed E-state index contributed by atoms with van der Waals surface area (Å²) in [7, 11) is 0. The first-order chi connectivity index (χ1) is 9.69. The summed E-state index contributed by atoms with van der Waals surface area (Å²) in [5.41, 5.74) is 3.51. The van der Waals surface area contributed by atoms with E-state index in [9.17, 15) is 4.39 Å². The molecule has 1 atom stereocenters. The Labute approximate surface area is 121 Å². The average Bonchev–Trinajstić information content (AvgIpc) is 2.90. The van der Waals surface area contributed by atoms with E-state index in [1.54, 1.807) is 6.92 Å². The maximum atomic E-state index is 13.5. The smallest absolute Gasteiger partial charge is 0.122 e. The molecule has 0 spiro atoms. The Bertz CT molecular complexity index is 464. The number of benzene rings is 1. The van der Waals surface area contributed by atoms with Gasteiger partial charge < -0.3 is 9.80 Å². The Balaban J connectivity index is 1.77. The molecule has 0 amide bonds. The number of hydrogen-bond donors (Lipinski definition) is 0. The van der Waals surface area contributed by atoms with Crippen LogP contribution in [0.4, 0.5) is 10.1 Å². The molecule has 1 aromatic rings. The molecule has 1 aromatic carbocycles. The van der Waals surface area contributed by atoms with Crippen molar-refractivity contribution in [1.29, 1.82) is 0 Å². The molecule has 2 nitrogen and oxygen atoms in total. The summed E-state index contributed by atoms with van der Waals surface area (Å²) in [5, 5.41) is 0. The van der Waals surface area contributed by atoms with E-state index in [4.69, 9.17) is 0 Å². The van der Waals surface area contributed by atoms with Crippen LogP contribution >= 0.6 is 0 Å². The second-order valence-electron chi connectivity index (χ2n) is 6.11. The quantitative estimate of drug-likeness (QED) is 0.833. The van der Waals surface area contributed by atoms with Crippen molar-refractivity contribution < 1.29 is 4.39 Å². The standard InChI is InChI=1S/C17H25FN2/c1-3-19-9-7-16(8-10-19)20-11-6-14-4-5-15(13(2)18)12-17(14)20/h4-5,12-13,16H,3,6-11H2,1-2H3. The van der Waals surface area contributed by atoms with Gasteiger partial charge in [0.15, 0.2) is 0 Å². The molecule has 1 fully saturated rings. The first kappa shape index (κ1) is 13.9. The number of anilines is 1. The number of halogens is 1. The summed E-state index contributed by atoms with van der Waals surface area (Å²) in [4.78, 5) is 5.06. The highest BCUT2D eigenvalue weighted by Gasteiger charge is 2.29. The highest BCUT2D eigenvalue weighted by Crippen LogP contribution is 2.35. The lowest BCUT2D eigenvalue weighted by atomic mass is 10.0. The third-order valence-corrected chi connectivity index (χ3v) is 4.95. The highest BCUT2D eigenvalue weighted by molar-refractivity contribution is 5.60. The van der Waals surface area contributed by atoms with Crippen molar-refractivity contribution in [3.8, 4) is 0 Å². The predicted molar refractivity (Wildman–Crippen MR) is 82.2 cm³/mol. The van der Waals surface area contributed by atoms with Crippen LogP contribution in [0.25, 0.3) is 0 Å². The minimum Gasteiger partial charge on any atom is -0.368 e. The van der Waals surface area contributed by atoms with Gasteiger partial charge in [0.05, 0.1) is 0 Å². The largest absolute Gasteiger partial charge is 0.368 e. The molecule has 0 bridgehead atoms. The maximum Gasteiger partial charge on any atom is 0.122 e. The van der Waals surface area contributed by atoms with E-state index in [-0.39, 0.29) is 0 Å². The summed E-state index contributed by atoms with van der Waals surface area (Å²) in [6.07, 6.45) is 2.72. The number of nitrogens with zero attached hydrogens (tertiary/aromatic N) is 2. The van der Waals surface area contributed by atoms with Crippen LogP contribution in [0.1, 0.15) is 44.0 Å². The fourth-order valence-electron chi connectivity index (χ4n) is 3.59. The number of hydrogen-bond acceptors (Lipinski definition) is 2. The van der Waals surface area contributed by atoms with Crippen molar-refractivity contribution in [2.45, 2.75) is 45.3 Å². The Morgan fingerprint density at radius 1 is 1.25 bits per heavy atom. The van der Waals surface area contributed by atoms with Crippen molar-refractivity contribution in [3.05, 3.63) is 29.3 Å². The molecule has 1 unspecified atom stereocenters. The third kappa shape index (κ3) is 2.56. The monoisotopic (exact) mass is 276 g/mol. The zero-order valence-electron chi connectivity index (χ0n) is 12.6. The van der Waals surface area contributed by atoms with Crippen LogP contribution in [0, 0.1) is 0 Å². The molecule has 0 aromatic heterocycles. The van der Waals surface area contributed by atoms with E-state index in [2.05, 4.69) is 28.9 Å². The van der Waals surface area contributed by atoms with Crippen molar-refractivity contribution in [3.63, 3.8) is 0 Å². The zero-order chi connectivity index (χ0) is 14.1. The molecule has 2 heterocycles. The number of fused-ring (bicyclic) bond motifs is 1. The highest BCUT2D eigenvalue weighted by atomic mass is 19.1. The van der Waals surface area contributed by atoms with Crippen LogP contribution in [-0.4, -0.2) is 37.1 Å². The number of alkyl halides is 1. The van der Waals surface area contributed by atoms with Crippen LogP contribution in [0.5, 0.6) is 0 Å². The van der Waals surface area contributed by atoms with Crippen molar-refractivity contribution in [2.24, 2.45) is 0 Å². The maximum absolute atomic E-state index is 13.5. The van der Waals surface area contributed by atoms with Gasteiger partial charge in [-0.15, -0.1) is 0 Å². The predicted octanol–water partition coefficient (Wildman–Crippen LogP) is 3.56. The lowest BCUT2D eigenvalue weighted by Gasteiger charge is -2.37. The van der Waals surface area contributed by atoms with Gasteiger partial charge in [-0.3, -0.25) is 0 Å². The van der Waals surface area contributed by atoms with Gasteiger partial charge in [-0.1, -0.05) is 19.1 Å².